The molecule has 0 aliphatic rings. The molecule has 2 heterocycles. The van der Waals surface area contributed by atoms with Crippen molar-refractivity contribution in [1.82, 2.24) is 15.5 Å². The summed E-state index contributed by atoms with van der Waals surface area (Å²) in [6.45, 7) is 2.25. The Labute approximate surface area is 198 Å². The maximum absolute atomic E-state index is 12.4. The van der Waals surface area contributed by atoms with Crippen molar-refractivity contribution in [2.75, 3.05) is 5.32 Å². The number of thiocarbonyl (C=S) groups is 1. The van der Waals surface area contributed by atoms with Gasteiger partial charge in [-0.15, -0.1) is 10.2 Å². The van der Waals surface area contributed by atoms with Crippen LogP contribution in [0.1, 0.15) is 21.1 Å². The normalized spacial score (nSPS) is 10.6. The van der Waals surface area contributed by atoms with Gasteiger partial charge in [0.05, 0.1) is 0 Å². The van der Waals surface area contributed by atoms with E-state index >= 15 is 0 Å². The van der Waals surface area contributed by atoms with Gasteiger partial charge in [0, 0.05) is 10.6 Å². The molecule has 0 aliphatic carbocycles. The molecule has 4 rings (SSSR count). The van der Waals surface area contributed by atoms with Crippen molar-refractivity contribution < 1.29 is 13.9 Å². The highest BCUT2D eigenvalue weighted by Gasteiger charge is 2.15. The highest BCUT2D eigenvalue weighted by molar-refractivity contribution is 7.80. The minimum atomic E-state index is -0.477. The number of aryl methyl sites for hydroxylation is 1. The molecule has 0 atom stereocenters. The Morgan fingerprint density at radius 1 is 1.12 bits per heavy atom. The fourth-order valence-corrected chi connectivity index (χ4v) is 3.78. The van der Waals surface area contributed by atoms with Gasteiger partial charge in [0.15, 0.2) is 15.9 Å². The van der Waals surface area contributed by atoms with E-state index < -0.39 is 5.91 Å². The summed E-state index contributed by atoms with van der Waals surface area (Å²) in [6, 6.07) is 18.1. The van der Waals surface area contributed by atoms with E-state index in [9.17, 15) is 4.79 Å². The number of aromatic nitrogens is 2. The van der Waals surface area contributed by atoms with Crippen LogP contribution in [0.15, 0.2) is 65.1 Å². The van der Waals surface area contributed by atoms with Gasteiger partial charge < -0.3 is 14.5 Å². The molecule has 0 unspecified atom stereocenters. The molecular weight excluding hydrogens is 468 g/mol. The standard InChI is InChI=1S/C22H17ClN4O3S2/c1-13-4-2-3-5-16(13)29-12-19-26-27-22(32-19)25-21(31)24-20(28)18-11-10-17(30-18)14-6-8-15(23)9-7-14/h2-11H,12H2,1H3,(H2,24,25,27,28,31). The van der Waals surface area contributed by atoms with Crippen molar-refractivity contribution in [2.45, 2.75) is 13.5 Å². The molecule has 162 valence electrons. The van der Waals surface area contributed by atoms with Gasteiger partial charge in [0.2, 0.25) is 5.13 Å². The Balaban J connectivity index is 1.31. The quantitative estimate of drug-likeness (QED) is 0.351. The van der Waals surface area contributed by atoms with E-state index in [4.69, 9.17) is 33.0 Å². The van der Waals surface area contributed by atoms with Crippen LogP contribution in [0.3, 0.4) is 0 Å². The number of hydrogen-bond acceptors (Lipinski definition) is 7. The van der Waals surface area contributed by atoms with Gasteiger partial charge >= 0.3 is 0 Å². The Kier molecular flexibility index (Phi) is 6.79. The number of ether oxygens (including phenoxy) is 1. The zero-order valence-corrected chi connectivity index (χ0v) is 19.2. The third kappa shape index (κ3) is 5.50. The molecule has 0 radical (unpaired) electrons. The third-order valence-electron chi connectivity index (χ3n) is 4.32. The van der Waals surface area contributed by atoms with Crippen molar-refractivity contribution in [2.24, 2.45) is 0 Å². The molecule has 2 aromatic carbocycles. The first-order chi connectivity index (χ1) is 15.5. The molecule has 1 amide bonds. The predicted octanol–water partition coefficient (Wildman–Crippen LogP) is 5.47. The maximum Gasteiger partial charge on any atom is 0.293 e. The van der Waals surface area contributed by atoms with Crippen molar-refractivity contribution in [3.05, 3.63) is 82.0 Å². The van der Waals surface area contributed by atoms with Crippen LogP contribution in [0.25, 0.3) is 11.3 Å². The maximum atomic E-state index is 12.4. The van der Waals surface area contributed by atoms with E-state index in [0.717, 1.165) is 16.9 Å². The number of anilines is 1. The second kappa shape index (κ2) is 9.90. The summed E-state index contributed by atoms with van der Waals surface area (Å²) in [5.74, 6) is 0.989. The minimum Gasteiger partial charge on any atom is -0.486 e. The second-order valence-corrected chi connectivity index (χ2v) is 8.54. The fraction of sp³-hybridized carbons (Fsp3) is 0.0909. The van der Waals surface area contributed by atoms with Crippen LogP contribution in [0, 0.1) is 6.92 Å². The van der Waals surface area contributed by atoms with Gasteiger partial charge in [-0.1, -0.05) is 41.1 Å². The molecule has 7 nitrogen and oxygen atoms in total. The lowest BCUT2D eigenvalue weighted by atomic mass is 10.2. The van der Waals surface area contributed by atoms with E-state index in [2.05, 4.69) is 20.8 Å². The molecule has 2 aromatic heterocycles. The number of para-hydroxylation sites is 1. The number of rotatable bonds is 6. The molecule has 0 aliphatic heterocycles. The van der Waals surface area contributed by atoms with Crippen LogP contribution < -0.4 is 15.4 Å². The fourth-order valence-electron chi connectivity index (χ4n) is 2.74. The van der Waals surface area contributed by atoms with E-state index in [-0.39, 0.29) is 17.5 Å². The van der Waals surface area contributed by atoms with Crippen LogP contribution in [0.2, 0.25) is 5.02 Å². The predicted molar refractivity (Wildman–Crippen MR) is 128 cm³/mol. The molecule has 0 fully saturated rings. The average Bonchev–Trinajstić information content (AvgIpc) is 3.44. The van der Waals surface area contributed by atoms with E-state index in [1.807, 2.05) is 43.3 Å². The first-order valence-corrected chi connectivity index (χ1v) is 11.1. The van der Waals surface area contributed by atoms with E-state index in [1.54, 1.807) is 24.3 Å². The lowest BCUT2D eigenvalue weighted by Crippen LogP contribution is -2.33. The number of furan rings is 1. The zero-order chi connectivity index (χ0) is 22.5. The summed E-state index contributed by atoms with van der Waals surface area (Å²) >= 11 is 12.4. The van der Waals surface area contributed by atoms with Crippen LogP contribution in [0.4, 0.5) is 5.13 Å². The van der Waals surface area contributed by atoms with E-state index in [1.165, 1.54) is 11.3 Å². The minimum absolute atomic E-state index is 0.0852. The third-order valence-corrected chi connectivity index (χ3v) is 5.59. The summed E-state index contributed by atoms with van der Waals surface area (Å²) in [6.07, 6.45) is 0. The molecular formula is C22H17ClN4O3S2. The number of benzene rings is 2. The van der Waals surface area contributed by atoms with Crippen molar-refractivity contribution in [1.29, 1.82) is 0 Å². The van der Waals surface area contributed by atoms with Gasteiger partial charge in [-0.3, -0.25) is 10.1 Å². The Hall–Kier alpha value is -3.27. The number of carbonyl (C=O) groups excluding carboxylic acids is 1. The summed E-state index contributed by atoms with van der Waals surface area (Å²) < 4.78 is 11.4. The number of carbonyl (C=O) groups is 1. The second-order valence-electron chi connectivity index (χ2n) is 6.63. The number of nitrogens with zero attached hydrogens (tertiary/aromatic N) is 2. The van der Waals surface area contributed by atoms with E-state index in [0.29, 0.717) is 20.9 Å². The number of nitrogens with one attached hydrogen (secondary N) is 2. The summed E-state index contributed by atoms with van der Waals surface area (Å²) in [5, 5.41) is 15.3. The van der Waals surface area contributed by atoms with Crippen LogP contribution >= 0.6 is 35.2 Å². The van der Waals surface area contributed by atoms with Crippen molar-refractivity contribution in [3.63, 3.8) is 0 Å². The zero-order valence-electron chi connectivity index (χ0n) is 16.8. The first kappa shape index (κ1) is 21.9. The molecule has 2 N–H and O–H groups in total. The lowest BCUT2D eigenvalue weighted by Gasteiger charge is -2.06. The summed E-state index contributed by atoms with van der Waals surface area (Å²) in [4.78, 5) is 12.4. The average molecular weight is 485 g/mol. The number of hydrogen-bond donors (Lipinski definition) is 2. The highest BCUT2D eigenvalue weighted by atomic mass is 35.5. The molecule has 0 spiro atoms. The van der Waals surface area contributed by atoms with Gasteiger partial charge in [-0.2, -0.15) is 0 Å². The number of amides is 1. The van der Waals surface area contributed by atoms with Crippen LogP contribution in [0.5, 0.6) is 5.75 Å². The van der Waals surface area contributed by atoms with Crippen molar-refractivity contribution in [3.8, 4) is 17.1 Å². The molecule has 0 saturated heterocycles. The van der Waals surface area contributed by atoms with Gasteiger partial charge in [0.1, 0.15) is 18.1 Å². The van der Waals surface area contributed by atoms with Gasteiger partial charge in [0.25, 0.3) is 5.91 Å². The van der Waals surface area contributed by atoms with Crippen molar-refractivity contribution >= 4 is 51.3 Å². The Bertz CT molecular complexity index is 1250. The first-order valence-electron chi connectivity index (χ1n) is 9.47. The molecule has 4 aromatic rings. The molecule has 32 heavy (non-hydrogen) atoms. The van der Waals surface area contributed by atoms with Gasteiger partial charge in [-0.25, -0.2) is 0 Å². The molecule has 0 saturated carbocycles. The number of halogens is 1. The summed E-state index contributed by atoms with van der Waals surface area (Å²) in [7, 11) is 0. The molecule has 0 bridgehead atoms. The summed E-state index contributed by atoms with van der Waals surface area (Å²) in [5.41, 5.74) is 1.85. The largest absolute Gasteiger partial charge is 0.486 e. The molecule has 10 heteroatoms. The smallest absolute Gasteiger partial charge is 0.293 e. The highest BCUT2D eigenvalue weighted by Crippen LogP contribution is 2.24. The van der Waals surface area contributed by atoms with Gasteiger partial charge in [-0.05, 0) is 67.2 Å². The monoisotopic (exact) mass is 484 g/mol. The van der Waals surface area contributed by atoms with Crippen LogP contribution in [-0.2, 0) is 6.61 Å². The topological polar surface area (TPSA) is 89.3 Å². The van der Waals surface area contributed by atoms with Crippen LogP contribution in [-0.4, -0.2) is 21.2 Å². The Morgan fingerprint density at radius 3 is 2.69 bits per heavy atom. The Morgan fingerprint density at radius 2 is 1.91 bits per heavy atom. The SMILES string of the molecule is Cc1ccccc1OCc1nnc(NC(=S)NC(=O)c2ccc(-c3ccc(Cl)cc3)o2)s1. The lowest BCUT2D eigenvalue weighted by molar-refractivity contribution is 0.0951.